The Labute approximate surface area is 375 Å². The SMILES string of the molecule is Cl.Cl.[CH2]=[Zr]([C]1=CC=CC1)([c]1ccc(I)cc1)([c]1ccc(I)cc1)[c]1c2c(cc(C(C)(C)C)c1-c1ccccc1)-c1cc(C(C)(C)C)c(-c3ccccc3)cc1C2. The third-order valence-corrected chi connectivity index (χ3v) is 29.9. The van der Waals surface area contributed by atoms with Crippen molar-refractivity contribution < 1.29 is 18.3 Å². The summed E-state index contributed by atoms with van der Waals surface area (Å²) in [6, 6.07) is 49.0. The molecule has 0 fully saturated rings. The molecule has 0 amide bonds. The van der Waals surface area contributed by atoms with Gasteiger partial charge in [-0.2, -0.15) is 0 Å². The van der Waals surface area contributed by atoms with Gasteiger partial charge in [0.15, 0.2) is 0 Å². The third kappa shape index (κ3) is 7.08. The Hall–Kier alpha value is -2.41. The normalized spacial score (nSPS) is 13.7. The molecule has 0 spiro atoms. The quantitative estimate of drug-likeness (QED) is 0.146. The predicted molar refractivity (Wildman–Crippen MR) is 264 cm³/mol. The fourth-order valence-corrected chi connectivity index (χ4v) is 26.2. The molecule has 286 valence electrons. The summed E-state index contributed by atoms with van der Waals surface area (Å²) < 4.78 is 14.2. The van der Waals surface area contributed by atoms with E-state index >= 15 is 0 Å². The molecule has 8 rings (SSSR count). The zero-order valence-corrected chi connectivity index (χ0v) is 41.5. The molecule has 6 aromatic rings. The molecule has 6 aromatic carbocycles. The Bertz CT molecular complexity index is 2500. The fraction of sp³-hybridized carbons (Fsp3) is 0.196. The van der Waals surface area contributed by atoms with Crippen LogP contribution in [0.4, 0.5) is 0 Å². The van der Waals surface area contributed by atoms with Gasteiger partial charge in [0.1, 0.15) is 0 Å². The van der Waals surface area contributed by atoms with Crippen LogP contribution in [0.2, 0.25) is 0 Å². The molecule has 0 nitrogen and oxygen atoms in total. The standard InChI is InChI=1S/C33H33.2C6H4I.C5H5.CH2.2ClH.Zr/c1-32(2,3)30-20-26-24(18-28(30)22-13-9-7-10-14-22)17-25-19-29(23-15-11-8-12-16-23)31(21-27(25)26)33(4,5)6;2*7-6-4-2-1-3-5-6;1-2-4-5-3-1;;;;/h7-16,18,20-21H,17H2,1-6H3;2*2-5H;1-3H,4H2;1H2;2*1H;. The Morgan fingerprint density at radius 2 is 1.07 bits per heavy atom. The van der Waals surface area contributed by atoms with E-state index in [-0.39, 0.29) is 35.6 Å². The first kappa shape index (κ1) is 43.2. The average molecular weight is 1080 g/mol. The fourth-order valence-electron chi connectivity index (χ4n) is 9.44. The maximum atomic E-state index is 5.92. The van der Waals surface area contributed by atoms with Crippen LogP contribution in [0.3, 0.4) is 0 Å². The van der Waals surface area contributed by atoms with Gasteiger partial charge in [-0.1, -0.05) is 0 Å². The molecule has 0 heterocycles. The molecule has 2 aliphatic carbocycles. The summed E-state index contributed by atoms with van der Waals surface area (Å²) in [5.74, 6) is 0. The van der Waals surface area contributed by atoms with Crippen LogP contribution in [0, 0.1) is 7.14 Å². The molecule has 0 bridgehead atoms. The van der Waals surface area contributed by atoms with E-state index in [1.807, 2.05) is 0 Å². The molecule has 0 saturated carbocycles. The van der Waals surface area contributed by atoms with Gasteiger partial charge < -0.3 is 0 Å². The van der Waals surface area contributed by atoms with E-state index in [1.54, 1.807) is 0 Å². The second kappa shape index (κ2) is 16.0. The summed E-state index contributed by atoms with van der Waals surface area (Å²) in [5.41, 5.74) is 13.6. The van der Waals surface area contributed by atoms with E-state index in [0.29, 0.717) is 0 Å². The first-order valence-corrected chi connectivity index (χ1v) is 27.9. The van der Waals surface area contributed by atoms with Crippen LogP contribution in [0.25, 0.3) is 33.4 Å². The van der Waals surface area contributed by atoms with Gasteiger partial charge in [-0.05, 0) is 0 Å². The number of hydrogen-bond acceptors (Lipinski definition) is 0. The monoisotopic (exact) mass is 1080 g/mol. The van der Waals surface area contributed by atoms with Crippen molar-refractivity contribution in [2.45, 2.75) is 65.2 Å². The van der Waals surface area contributed by atoms with Crippen molar-refractivity contribution in [3.8, 4) is 33.4 Å². The molecule has 0 atom stereocenters. The number of allylic oxidation sites excluding steroid dienone is 4. The van der Waals surface area contributed by atoms with Crippen LogP contribution in [-0.4, -0.2) is 4.21 Å². The van der Waals surface area contributed by atoms with Gasteiger partial charge in [-0.15, -0.1) is 24.8 Å². The maximum absolute atomic E-state index is 5.92. The minimum absolute atomic E-state index is 0. The number of benzene rings is 6. The van der Waals surface area contributed by atoms with Crippen molar-refractivity contribution in [2.75, 3.05) is 0 Å². The first-order chi connectivity index (χ1) is 25.7. The van der Waals surface area contributed by atoms with Gasteiger partial charge in [-0.25, -0.2) is 0 Å². The third-order valence-electron chi connectivity index (χ3n) is 12.1. The van der Waals surface area contributed by atoms with Gasteiger partial charge in [0.2, 0.25) is 0 Å². The van der Waals surface area contributed by atoms with Crippen LogP contribution in [-0.2, 0) is 35.5 Å². The molecule has 0 N–H and O–H groups in total. The van der Waals surface area contributed by atoms with Crippen molar-refractivity contribution in [1.29, 1.82) is 0 Å². The van der Waals surface area contributed by atoms with Crippen LogP contribution < -0.4 is 9.81 Å². The molecule has 0 saturated heterocycles. The molecule has 5 heteroatoms. The van der Waals surface area contributed by atoms with Crippen molar-refractivity contribution in [2.24, 2.45) is 0 Å². The van der Waals surface area contributed by atoms with Crippen LogP contribution in [0.1, 0.15) is 70.2 Å². The van der Waals surface area contributed by atoms with E-state index in [4.69, 9.17) is 4.21 Å². The van der Waals surface area contributed by atoms with Crippen molar-refractivity contribution >= 4 is 84.0 Å². The molecule has 0 aromatic heterocycles. The first-order valence-electron chi connectivity index (χ1n) is 19.1. The van der Waals surface area contributed by atoms with Crippen LogP contribution in [0.5, 0.6) is 0 Å². The summed E-state index contributed by atoms with van der Waals surface area (Å²) in [5, 5.41) is 0. The zero-order chi connectivity index (χ0) is 38.1. The Balaban J connectivity index is 0.00000266. The Morgan fingerprint density at radius 3 is 1.55 bits per heavy atom. The molecular formula is C51H50Cl2I2Zr. The van der Waals surface area contributed by atoms with Gasteiger partial charge in [0, 0.05) is 0 Å². The van der Waals surface area contributed by atoms with E-state index in [2.05, 4.69) is 232 Å². The number of hydrogen-bond donors (Lipinski definition) is 0. The topological polar surface area (TPSA) is 0 Å². The summed E-state index contributed by atoms with van der Waals surface area (Å²) >= 11 is -0.208. The zero-order valence-electron chi connectivity index (χ0n) is 33.1. The Morgan fingerprint density at radius 1 is 0.571 bits per heavy atom. The van der Waals surface area contributed by atoms with E-state index in [0.717, 1.165) is 12.8 Å². The summed E-state index contributed by atoms with van der Waals surface area (Å²) in [4.78, 5) is 0. The molecule has 2 aliphatic rings. The summed E-state index contributed by atoms with van der Waals surface area (Å²) in [6.45, 7) is 14.3. The predicted octanol–water partition coefficient (Wildman–Crippen LogP) is 13.5. The van der Waals surface area contributed by atoms with Gasteiger partial charge in [0.25, 0.3) is 0 Å². The second-order valence-electron chi connectivity index (χ2n) is 17.5. The molecule has 56 heavy (non-hydrogen) atoms. The van der Waals surface area contributed by atoms with Gasteiger partial charge in [-0.3, -0.25) is 0 Å². The minimum atomic E-state index is -5.14. The molecular weight excluding hydrogens is 1030 g/mol. The molecule has 0 radical (unpaired) electrons. The number of fused-ring (bicyclic) bond motifs is 3. The van der Waals surface area contributed by atoms with Gasteiger partial charge >= 0.3 is 354 Å². The summed E-state index contributed by atoms with van der Waals surface area (Å²) in [6.07, 6.45) is 8.89. The van der Waals surface area contributed by atoms with Gasteiger partial charge in [0.05, 0.1) is 0 Å². The van der Waals surface area contributed by atoms with Crippen molar-refractivity contribution in [3.05, 3.63) is 178 Å². The number of rotatable bonds is 6. The van der Waals surface area contributed by atoms with E-state index < -0.39 is 18.3 Å². The second-order valence-corrected chi connectivity index (χ2v) is 32.8. The number of halogens is 4. The Kier molecular flexibility index (Phi) is 12.3. The summed E-state index contributed by atoms with van der Waals surface area (Å²) in [7, 11) is 0. The molecule has 0 unspecified atom stereocenters. The van der Waals surface area contributed by atoms with E-state index in [1.165, 1.54) is 75.9 Å². The van der Waals surface area contributed by atoms with Crippen LogP contribution >= 0.6 is 70.0 Å². The molecule has 0 aliphatic heterocycles. The van der Waals surface area contributed by atoms with E-state index in [9.17, 15) is 0 Å². The van der Waals surface area contributed by atoms with Crippen molar-refractivity contribution in [3.63, 3.8) is 0 Å². The van der Waals surface area contributed by atoms with Crippen LogP contribution in [0.15, 0.2) is 149 Å². The van der Waals surface area contributed by atoms with Crippen molar-refractivity contribution in [1.82, 2.24) is 0 Å². The average Bonchev–Trinajstić information content (AvgIpc) is 3.83.